The van der Waals surface area contributed by atoms with Crippen LogP contribution in [0.4, 0.5) is 53.1 Å². The molecular weight excluding hydrogens is 620 g/mol. The van der Waals surface area contributed by atoms with Crippen LogP contribution in [0.2, 0.25) is 0 Å². The van der Waals surface area contributed by atoms with Crippen LogP contribution in [0.15, 0.2) is 42.7 Å². The van der Waals surface area contributed by atoms with Crippen molar-refractivity contribution < 1.29 is 40.7 Å². The van der Waals surface area contributed by atoms with Crippen LogP contribution in [0.3, 0.4) is 0 Å². The van der Waals surface area contributed by atoms with Gasteiger partial charge in [0.05, 0.1) is 16.9 Å². The summed E-state index contributed by atoms with van der Waals surface area (Å²) >= 11 is 0. The lowest BCUT2D eigenvalue weighted by Crippen LogP contribution is -2.41. The Kier molecular flexibility index (Phi) is 8.49. The van der Waals surface area contributed by atoms with E-state index >= 15 is 8.78 Å². The number of halogens is 6. The highest BCUT2D eigenvalue weighted by Crippen LogP contribution is 2.39. The average molecular weight is 650 g/mol. The molecule has 0 aliphatic carbocycles. The largest absolute Gasteiger partial charge is 0.444 e. The second-order valence-electron chi connectivity index (χ2n) is 11.7. The summed E-state index contributed by atoms with van der Waals surface area (Å²) in [6.45, 7) is 6.10. The Bertz CT molecular complexity index is 1810. The van der Waals surface area contributed by atoms with Gasteiger partial charge in [-0.1, -0.05) is 0 Å². The second-order valence-corrected chi connectivity index (χ2v) is 11.7. The third-order valence-corrected chi connectivity index (χ3v) is 7.31. The summed E-state index contributed by atoms with van der Waals surface area (Å²) in [6.07, 6.45) is -2.97. The number of hydrogen-bond acceptors (Lipinski definition) is 6. The van der Waals surface area contributed by atoms with Crippen molar-refractivity contribution in [2.24, 2.45) is 0 Å². The van der Waals surface area contributed by atoms with Crippen molar-refractivity contribution in [1.29, 1.82) is 0 Å². The first-order valence-electron chi connectivity index (χ1n) is 14.1. The molecule has 0 unspecified atom stereocenters. The number of aromatic nitrogens is 3. The summed E-state index contributed by atoms with van der Waals surface area (Å²) in [5.41, 5.74) is 3.58. The van der Waals surface area contributed by atoms with Crippen molar-refractivity contribution in [1.82, 2.24) is 19.5 Å². The van der Waals surface area contributed by atoms with Gasteiger partial charge in [0.1, 0.15) is 34.9 Å². The zero-order chi connectivity index (χ0) is 33.6. The number of nitrogens with two attached hydrogens (primary N) is 1. The number of hydrogen-bond donors (Lipinski definition) is 3. The van der Waals surface area contributed by atoms with Gasteiger partial charge in [0.2, 0.25) is 0 Å². The van der Waals surface area contributed by atoms with Gasteiger partial charge in [0.25, 0.3) is 0 Å². The van der Waals surface area contributed by atoms with E-state index in [0.29, 0.717) is 55.9 Å². The summed E-state index contributed by atoms with van der Waals surface area (Å²) in [4.78, 5) is 30.5. The summed E-state index contributed by atoms with van der Waals surface area (Å²) in [6, 6.07) is 3.18. The minimum absolute atomic E-state index is 0.00746. The molecule has 0 atom stereocenters. The van der Waals surface area contributed by atoms with E-state index in [-0.39, 0.29) is 28.4 Å². The molecule has 1 saturated heterocycles. The quantitative estimate of drug-likeness (QED) is 0.201. The minimum atomic E-state index is -4.80. The van der Waals surface area contributed by atoms with E-state index in [1.54, 1.807) is 31.7 Å². The number of nitrogens with zero attached hydrogens (tertiary/aromatic N) is 4. The molecule has 3 heterocycles. The highest BCUT2D eigenvalue weighted by atomic mass is 19.4. The van der Waals surface area contributed by atoms with Crippen LogP contribution in [-0.4, -0.2) is 50.3 Å². The molecule has 16 heteroatoms. The average Bonchev–Trinajstić information content (AvgIpc) is 3.35. The number of carbonyl (C=O) groups is 2. The molecule has 10 nitrogen and oxygen atoms in total. The molecule has 5 rings (SSSR count). The third kappa shape index (κ3) is 6.79. The molecule has 244 valence electrons. The van der Waals surface area contributed by atoms with E-state index in [1.165, 1.54) is 10.8 Å². The normalized spacial score (nSPS) is 14.4. The van der Waals surface area contributed by atoms with E-state index in [0.717, 1.165) is 6.07 Å². The molecule has 4 aromatic rings. The topological polar surface area (TPSA) is 127 Å². The lowest BCUT2D eigenvalue weighted by molar-refractivity contribution is -0.137. The molecule has 2 aromatic heterocycles. The third-order valence-electron chi connectivity index (χ3n) is 7.31. The zero-order valence-corrected chi connectivity index (χ0v) is 24.8. The van der Waals surface area contributed by atoms with Crippen molar-refractivity contribution in [2.45, 2.75) is 51.3 Å². The number of amides is 3. The molecule has 0 bridgehead atoms. The Morgan fingerprint density at radius 3 is 2.20 bits per heavy atom. The fourth-order valence-electron chi connectivity index (χ4n) is 5.19. The molecule has 0 radical (unpaired) electrons. The number of ether oxygens (including phenoxy) is 1. The number of nitrogen functional groups attached to an aromatic ring is 1. The number of benzene rings is 2. The summed E-state index contributed by atoms with van der Waals surface area (Å²) in [5.74, 6) is -3.39. The lowest BCUT2D eigenvalue weighted by Gasteiger charge is -2.33. The smallest absolute Gasteiger partial charge is 0.416 e. The van der Waals surface area contributed by atoms with Gasteiger partial charge in [-0.3, -0.25) is 0 Å². The van der Waals surface area contributed by atoms with Gasteiger partial charge in [0, 0.05) is 41.9 Å². The number of likely N-dealkylation sites (tertiary alicyclic amines) is 1. The van der Waals surface area contributed by atoms with E-state index in [9.17, 15) is 27.2 Å². The van der Waals surface area contributed by atoms with Crippen LogP contribution >= 0.6 is 0 Å². The Labute approximate surface area is 258 Å². The molecule has 0 saturated carbocycles. The van der Waals surface area contributed by atoms with Crippen LogP contribution in [-0.2, 0) is 10.9 Å². The SMILES string of the molecule is CC(C)(C)OC(=O)N1CCC(c2cc(-c3cc(F)c(NC(=O)Nc4cc(C(F)(F)F)ccc4F)cc3F)c3c(N)ncnn23)CC1. The Balaban J connectivity index is 1.39. The maximum atomic E-state index is 15.6. The molecule has 4 N–H and O–H groups in total. The van der Waals surface area contributed by atoms with Crippen LogP contribution in [0, 0.1) is 17.5 Å². The van der Waals surface area contributed by atoms with Gasteiger partial charge in [-0.25, -0.2) is 32.3 Å². The zero-order valence-electron chi connectivity index (χ0n) is 24.8. The van der Waals surface area contributed by atoms with Gasteiger partial charge >= 0.3 is 18.3 Å². The maximum absolute atomic E-state index is 15.6. The molecule has 2 aromatic carbocycles. The molecular formula is C30H29F6N7O3. The van der Waals surface area contributed by atoms with Crippen molar-refractivity contribution in [3.05, 3.63) is 71.4 Å². The standard InChI is InChI=1S/C30H29F6N7O3/c1-29(2,3)46-28(45)42-8-6-15(7-9-42)24-12-18(25-26(37)38-14-39-43(24)25)17-11-21(33)23(13-20(17)32)41-27(44)40-22-10-16(30(34,35)36)4-5-19(22)31/h4-5,10-15H,6-9H2,1-3H3,(H2,37,38,39)(H2,40,41,44). The van der Waals surface area contributed by atoms with Gasteiger partial charge in [0.15, 0.2) is 5.82 Å². The predicted molar refractivity (Wildman–Crippen MR) is 157 cm³/mol. The molecule has 3 amide bonds. The summed E-state index contributed by atoms with van der Waals surface area (Å²) in [5, 5.41) is 8.14. The maximum Gasteiger partial charge on any atom is 0.416 e. The van der Waals surface area contributed by atoms with Crippen LogP contribution in [0.25, 0.3) is 16.6 Å². The number of alkyl halides is 3. The predicted octanol–water partition coefficient (Wildman–Crippen LogP) is 7.17. The minimum Gasteiger partial charge on any atom is -0.444 e. The number of piperidine rings is 1. The Morgan fingerprint density at radius 2 is 1.57 bits per heavy atom. The number of urea groups is 1. The molecule has 1 aliphatic heterocycles. The van der Waals surface area contributed by atoms with Crippen molar-refractivity contribution in [3.8, 4) is 11.1 Å². The van der Waals surface area contributed by atoms with Crippen LogP contribution in [0.5, 0.6) is 0 Å². The van der Waals surface area contributed by atoms with Crippen molar-refractivity contribution in [2.75, 3.05) is 29.5 Å². The Hall–Kier alpha value is -5.02. The fourth-order valence-corrected chi connectivity index (χ4v) is 5.19. The van der Waals surface area contributed by atoms with Gasteiger partial charge in [-0.2, -0.15) is 18.3 Å². The first kappa shape index (κ1) is 32.4. The molecule has 0 spiro atoms. The number of nitrogens with one attached hydrogen (secondary N) is 2. The van der Waals surface area contributed by atoms with E-state index in [4.69, 9.17) is 10.5 Å². The van der Waals surface area contributed by atoms with Gasteiger partial charge in [-0.05, 0) is 63.9 Å². The van der Waals surface area contributed by atoms with Gasteiger partial charge in [-0.15, -0.1) is 0 Å². The van der Waals surface area contributed by atoms with Crippen molar-refractivity contribution in [3.63, 3.8) is 0 Å². The van der Waals surface area contributed by atoms with E-state index in [2.05, 4.69) is 10.1 Å². The van der Waals surface area contributed by atoms with Gasteiger partial charge < -0.3 is 26.0 Å². The van der Waals surface area contributed by atoms with Crippen molar-refractivity contribution >= 4 is 34.8 Å². The molecule has 1 fully saturated rings. The Morgan fingerprint density at radius 1 is 0.913 bits per heavy atom. The second kappa shape index (κ2) is 12.1. The van der Waals surface area contributed by atoms with Crippen LogP contribution in [0.1, 0.15) is 50.8 Å². The number of fused-ring (bicyclic) bond motifs is 1. The van der Waals surface area contributed by atoms with E-state index < -0.39 is 58.3 Å². The highest BCUT2D eigenvalue weighted by Gasteiger charge is 2.32. The summed E-state index contributed by atoms with van der Waals surface area (Å²) < 4.78 is 90.8. The number of anilines is 3. The highest BCUT2D eigenvalue weighted by molar-refractivity contribution is 6.00. The lowest BCUT2D eigenvalue weighted by atomic mass is 9.93. The molecule has 1 aliphatic rings. The first-order valence-corrected chi connectivity index (χ1v) is 14.1. The monoisotopic (exact) mass is 649 g/mol. The fraction of sp³-hybridized carbons (Fsp3) is 0.333. The summed E-state index contributed by atoms with van der Waals surface area (Å²) in [7, 11) is 0. The van der Waals surface area contributed by atoms with E-state index in [1.807, 2.05) is 10.6 Å². The number of rotatable bonds is 4. The number of carbonyl (C=O) groups excluding carboxylic acids is 2. The molecule has 46 heavy (non-hydrogen) atoms. The van der Waals surface area contributed by atoms with Crippen LogP contribution < -0.4 is 16.4 Å². The first-order chi connectivity index (χ1) is 21.5.